The van der Waals surface area contributed by atoms with Crippen molar-refractivity contribution in [2.45, 2.75) is 44.7 Å². The van der Waals surface area contributed by atoms with E-state index in [0.29, 0.717) is 31.3 Å². The number of carboxylic acid groups (broad SMARTS) is 1. The molecular weight excluding hydrogens is 477 g/mol. The van der Waals surface area contributed by atoms with E-state index in [-0.39, 0.29) is 24.4 Å². The number of hydrogen-bond acceptors (Lipinski definition) is 4. The molecule has 1 N–H and O–H groups in total. The number of benzene rings is 2. The Morgan fingerprint density at radius 2 is 1.71 bits per heavy atom. The second kappa shape index (κ2) is 15.0. The number of amides is 1. The van der Waals surface area contributed by atoms with E-state index in [9.17, 15) is 9.59 Å². The van der Waals surface area contributed by atoms with Crippen LogP contribution < -0.4 is 0 Å². The van der Waals surface area contributed by atoms with Gasteiger partial charge in [0.1, 0.15) is 0 Å². The van der Waals surface area contributed by atoms with Crippen LogP contribution in [0.25, 0.3) is 0 Å². The average molecular weight is 510 g/mol. The van der Waals surface area contributed by atoms with Gasteiger partial charge in [0.05, 0.1) is 38.3 Å². The third-order valence-corrected chi connectivity index (χ3v) is 6.25. The van der Waals surface area contributed by atoms with E-state index >= 15 is 0 Å². The van der Waals surface area contributed by atoms with Gasteiger partial charge in [-0.25, -0.2) is 0 Å². The van der Waals surface area contributed by atoms with Gasteiger partial charge in [-0.1, -0.05) is 60.5 Å². The highest BCUT2D eigenvalue weighted by Crippen LogP contribution is 2.38. The molecule has 34 heavy (non-hydrogen) atoms. The summed E-state index contributed by atoms with van der Waals surface area (Å²) in [6, 6.07) is 16.7. The van der Waals surface area contributed by atoms with Crippen LogP contribution in [0, 0.1) is 5.92 Å². The standard InChI is InChI=1S/C20H28ClNO5.C6H5Cl/c1-3-17(13-27-11-10-26-2)22-18(14-4-7-16(21)8-5-14)9-6-15(20(22)25)12-19(23)24;7-6-4-2-1-3-5-6/h4-5,7-8,15,17-18H,3,6,9-13H2,1-2H3,(H,23,24);1-5H/t15-,17+,18+;/m1./s1. The molecule has 6 nitrogen and oxygen atoms in total. The molecule has 1 amide bonds. The summed E-state index contributed by atoms with van der Waals surface area (Å²) in [5.74, 6) is -1.53. The lowest BCUT2D eigenvalue weighted by Gasteiger charge is -2.44. The molecule has 0 aliphatic carbocycles. The van der Waals surface area contributed by atoms with Gasteiger partial charge in [0.25, 0.3) is 0 Å². The summed E-state index contributed by atoms with van der Waals surface area (Å²) in [6.45, 7) is 3.36. The molecule has 0 saturated carbocycles. The van der Waals surface area contributed by atoms with Gasteiger partial charge in [-0.05, 0) is 49.1 Å². The van der Waals surface area contributed by atoms with Crippen molar-refractivity contribution in [3.63, 3.8) is 0 Å². The first-order valence-corrected chi connectivity index (χ1v) is 12.2. The summed E-state index contributed by atoms with van der Waals surface area (Å²) in [4.78, 5) is 26.2. The van der Waals surface area contributed by atoms with Crippen LogP contribution in [-0.4, -0.2) is 54.9 Å². The Labute approximate surface area is 211 Å². The van der Waals surface area contributed by atoms with E-state index in [1.165, 1.54) is 0 Å². The Morgan fingerprint density at radius 1 is 1.06 bits per heavy atom. The Kier molecular flexibility index (Phi) is 12.4. The molecule has 1 aliphatic rings. The predicted molar refractivity (Wildman–Crippen MR) is 134 cm³/mol. The molecular formula is C26H33Cl2NO5. The van der Waals surface area contributed by atoms with Crippen LogP contribution in [0.5, 0.6) is 0 Å². The maximum Gasteiger partial charge on any atom is 0.304 e. The molecule has 1 aliphatic heterocycles. The third kappa shape index (κ3) is 8.91. The molecule has 0 radical (unpaired) electrons. The maximum atomic E-state index is 13.2. The van der Waals surface area contributed by atoms with Crippen molar-refractivity contribution >= 4 is 35.1 Å². The minimum Gasteiger partial charge on any atom is -0.481 e. The lowest BCUT2D eigenvalue weighted by atomic mass is 9.85. The van der Waals surface area contributed by atoms with Crippen LogP contribution >= 0.6 is 23.2 Å². The van der Waals surface area contributed by atoms with Gasteiger partial charge in [-0.2, -0.15) is 0 Å². The Bertz CT molecular complexity index is 879. The highest BCUT2D eigenvalue weighted by molar-refractivity contribution is 6.30. The summed E-state index contributed by atoms with van der Waals surface area (Å²) in [5, 5.41) is 10.6. The van der Waals surface area contributed by atoms with Crippen LogP contribution in [0.3, 0.4) is 0 Å². The third-order valence-electron chi connectivity index (χ3n) is 5.74. The normalized spacial score (nSPS) is 18.7. The fraction of sp³-hybridized carbons (Fsp3) is 0.462. The summed E-state index contributed by atoms with van der Waals surface area (Å²) >= 11 is 11.5. The number of carboxylic acids is 1. The summed E-state index contributed by atoms with van der Waals surface area (Å²) in [7, 11) is 1.61. The van der Waals surface area contributed by atoms with E-state index < -0.39 is 11.9 Å². The second-order valence-electron chi connectivity index (χ2n) is 8.11. The number of carbonyl (C=O) groups is 2. The lowest BCUT2D eigenvalue weighted by Crippen LogP contribution is -2.51. The van der Waals surface area contributed by atoms with Gasteiger partial charge in [0.2, 0.25) is 5.91 Å². The Balaban J connectivity index is 0.000000497. The molecule has 3 atom stereocenters. The molecule has 186 valence electrons. The molecule has 0 bridgehead atoms. The number of carbonyl (C=O) groups excluding carboxylic acids is 1. The van der Waals surface area contributed by atoms with Gasteiger partial charge in [-0.3, -0.25) is 9.59 Å². The first-order valence-electron chi connectivity index (χ1n) is 11.4. The number of nitrogens with zero attached hydrogens (tertiary/aromatic N) is 1. The van der Waals surface area contributed by atoms with Crippen molar-refractivity contribution in [2.75, 3.05) is 26.9 Å². The number of piperidine rings is 1. The van der Waals surface area contributed by atoms with Gasteiger partial charge >= 0.3 is 5.97 Å². The predicted octanol–water partition coefficient (Wildman–Crippen LogP) is 5.88. The van der Waals surface area contributed by atoms with E-state index in [1.807, 2.05) is 66.4 Å². The molecule has 1 heterocycles. The van der Waals surface area contributed by atoms with Gasteiger partial charge in [0, 0.05) is 23.1 Å². The zero-order valence-corrected chi connectivity index (χ0v) is 21.2. The molecule has 1 saturated heterocycles. The number of rotatable bonds is 10. The summed E-state index contributed by atoms with van der Waals surface area (Å²) < 4.78 is 10.7. The van der Waals surface area contributed by atoms with E-state index in [1.54, 1.807) is 7.11 Å². The SMILES string of the molecule is CC[C@@H](COCCOC)N1C(=O)[C@@H](CC(=O)O)CC[C@H]1c1ccc(Cl)cc1.Clc1ccccc1. The van der Waals surface area contributed by atoms with Crippen LogP contribution in [0.1, 0.15) is 44.2 Å². The topological polar surface area (TPSA) is 76.1 Å². The first kappa shape index (κ1) is 28.1. The van der Waals surface area contributed by atoms with Gasteiger partial charge in [-0.15, -0.1) is 0 Å². The van der Waals surface area contributed by atoms with Crippen LogP contribution in [0.2, 0.25) is 10.0 Å². The van der Waals surface area contributed by atoms with Crippen LogP contribution in [0.15, 0.2) is 54.6 Å². The molecule has 0 unspecified atom stereocenters. The lowest BCUT2D eigenvalue weighted by molar-refractivity contribution is -0.152. The quantitative estimate of drug-likeness (QED) is 0.405. The average Bonchev–Trinajstić information content (AvgIpc) is 2.82. The maximum absolute atomic E-state index is 13.2. The molecule has 2 aromatic rings. The summed E-state index contributed by atoms with van der Waals surface area (Å²) in [6.07, 6.45) is 1.88. The molecule has 0 aromatic heterocycles. The zero-order chi connectivity index (χ0) is 24.9. The largest absolute Gasteiger partial charge is 0.481 e. The highest BCUT2D eigenvalue weighted by Gasteiger charge is 2.40. The number of ether oxygens (including phenoxy) is 2. The van der Waals surface area contributed by atoms with Crippen LogP contribution in [-0.2, 0) is 19.1 Å². The zero-order valence-electron chi connectivity index (χ0n) is 19.7. The van der Waals surface area contributed by atoms with E-state index in [4.69, 9.17) is 37.8 Å². The van der Waals surface area contributed by atoms with Crippen molar-refractivity contribution in [2.24, 2.45) is 5.92 Å². The van der Waals surface area contributed by atoms with Crippen molar-refractivity contribution < 1.29 is 24.2 Å². The molecule has 1 fully saturated rings. The molecule has 8 heteroatoms. The number of methoxy groups -OCH3 is 1. The fourth-order valence-corrected chi connectivity index (χ4v) is 4.28. The minimum atomic E-state index is -0.942. The van der Waals surface area contributed by atoms with Crippen LogP contribution in [0.4, 0.5) is 0 Å². The number of halogens is 2. The minimum absolute atomic E-state index is 0.101. The molecule has 0 spiro atoms. The number of aliphatic carboxylic acids is 1. The molecule has 3 rings (SSSR count). The fourth-order valence-electron chi connectivity index (χ4n) is 4.00. The first-order chi connectivity index (χ1) is 16.4. The van der Waals surface area contributed by atoms with Gasteiger partial charge < -0.3 is 19.5 Å². The Morgan fingerprint density at radius 3 is 2.24 bits per heavy atom. The van der Waals surface area contributed by atoms with Crippen molar-refractivity contribution in [1.82, 2.24) is 4.90 Å². The summed E-state index contributed by atoms with van der Waals surface area (Å²) in [5.41, 5.74) is 1.01. The number of likely N-dealkylation sites (tertiary alicyclic amines) is 1. The van der Waals surface area contributed by atoms with Crippen molar-refractivity contribution in [3.05, 3.63) is 70.2 Å². The van der Waals surface area contributed by atoms with Gasteiger partial charge in [0.15, 0.2) is 0 Å². The highest BCUT2D eigenvalue weighted by atomic mass is 35.5. The molecule has 2 aromatic carbocycles. The second-order valence-corrected chi connectivity index (χ2v) is 8.98. The smallest absolute Gasteiger partial charge is 0.304 e. The number of hydrogen-bond donors (Lipinski definition) is 1. The van der Waals surface area contributed by atoms with E-state index in [2.05, 4.69) is 0 Å². The Hall–Kier alpha value is -2.12. The monoisotopic (exact) mass is 509 g/mol. The van der Waals surface area contributed by atoms with E-state index in [0.717, 1.165) is 23.4 Å². The van der Waals surface area contributed by atoms with Crippen molar-refractivity contribution in [3.8, 4) is 0 Å². The van der Waals surface area contributed by atoms with Crippen molar-refractivity contribution in [1.29, 1.82) is 0 Å².